The molecular weight excluding hydrogens is 366 g/mol. The Morgan fingerprint density at radius 2 is 1.92 bits per heavy atom. The first-order valence-electron chi connectivity index (χ1n) is 8.89. The van der Waals surface area contributed by atoms with Crippen LogP contribution in [0.25, 0.3) is 0 Å². The monoisotopic (exact) mass is 391 g/mol. The molecule has 2 rings (SSSR count). The molecule has 0 heterocycles. The first-order chi connectivity index (χ1) is 12.3. The molecule has 0 aliphatic carbocycles. The molecule has 1 unspecified atom stereocenters. The summed E-state index contributed by atoms with van der Waals surface area (Å²) in [6, 6.07) is 14.4. The average Bonchev–Trinajstić information content (AvgIpc) is 2.57. The molecule has 3 N–H and O–H groups in total. The predicted octanol–water partition coefficient (Wildman–Crippen LogP) is 5.70. The number of carboxylic acid groups (broad SMARTS) is 1. The van der Waals surface area contributed by atoms with Gasteiger partial charge in [0.2, 0.25) is 0 Å². The van der Waals surface area contributed by atoms with Gasteiger partial charge in [0.05, 0.1) is 0 Å². The highest BCUT2D eigenvalue weighted by Crippen LogP contribution is 2.32. The normalized spacial score (nSPS) is 13.4. The molecule has 2 aromatic carbocycles. The highest BCUT2D eigenvalue weighted by Gasteiger charge is 2.32. The van der Waals surface area contributed by atoms with Crippen LogP contribution in [0.1, 0.15) is 43.7 Å². The Morgan fingerprint density at radius 3 is 2.54 bits per heavy atom. The van der Waals surface area contributed by atoms with Crippen LogP contribution in [0, 0.1) is 6.92 Å². The molecule has 140 valence electrons. The maximum absolute atomic E-state index is 11.4. The summed E-state index contributed by atoms with van der Waals surface area (Å²) < 4.78 is 0. The summed E-state index contributed by atoms with van der Waals surface area (Å²) >= 11 is 8.12. The number of hydrogen-bond acceptors (Lipinski definition) is 3. The Hall–Kier alpha value is -1.49. The SMILES string of the molecule is CCCC(N)(CCCc1ccc(Sc2cccc(C)c2)cc1Cl)C(=O)O. The molecular formula is C21H26ClNO2S. The van der Waals surface area contributed by atoms with Gasteiger partial charge in [0, 0.05) is 14.8 Å². The van der Waals surface area contributed by atoms with Crippen LogP contribution in [0.4, 0.5) is 0 Å². The van der Waals surface area contributed by atoms with Crippen molar-refractivity contribution in [3.05, 3.63) is 58.6 Å². The Labute approximate surface area is 164 Å². The maximum atomic E-state index is 11.4. The van der Waals surface area contributed by atoms with E-state index in [1.807, 2.05) is 25.1 Å². The summed E-state index contributed by atoms with van der Waals surface area (Å²) in [4.78, 5) is 13.7. The molecule has 0 saturated carbocycles. The molecule has 2 aromatic rings. The predicted molar refractivity (Wildman–Crippen MR) is 109 cm³/mol. The van der Waals surface area contributed by atoms with E-state index in [9.17, 15) is 9.90 Å². The lowest BCUT2D eigenvalue weighted by Crippen LogP contribution is -2.47. The van der Waals surface area contributed by atoms with Gasteiger partial charge in [-0.2, -0.15) is 0 Å². The van der Waals surface area contributed by atoms with Gasteiger partial charge in [-0.3, -0.25) is 4.79 Å². The van der Waals surface area contributed by atoms with Crippen molar-refractivity contribution < 1.29 is 9.90 Å². The second-order valence-corrected chi connectivity index (χ2v) is 8.29. The van der Waals surface area contributed by atoms with Gasteiger partial charge in [-0.15, -0.1) is 0 Å². The van der Waals surface area contributed by atoms with Crippen LogP contribution in [0.15, 0.2) is 52.3 Å². The van der Waals surface area contributed by atoms with Gasteiger partial charge >= 0.3 is 5.97 Å². The number of hydrogen-bond donors (Lipinski definition) is 2. The topological polar surface area (TPSA) is 63.3 Å². The Kier molecular flexibility index (Phi) is 7.56. The second kappa shape index (κ2) is 9.45. The summed E-state index contributed by atoms with van der Waals surface area (Å²) in [5.41, 5.74) is 7.17. The summed E-state index contributed by atoms with van der Waals surface area (Å²) in [6.07, 6.45) is 3.12. The molecule has 26 heavy (non-hydrogen) atoms. The van der Waals surface area contributed by atoms with Gasteiger partial charge in [-0.1, -0.05) is 60.5 Å². The van der Waals surface area contributed by atoms with Crippen molar-refractivity contribution in [2.75, 3.05) is 0 Å². The average molecular weight is 392 g/mol. The Balaban J connectivity index is 1.98. The number of rotatable bonds is 9. The van der Waals surface area contributed by atoms with E-state index in [4.69, 9.17) is 17.3 Å². The van der Waals surface area contributed by atoms with Crippen LogP contribution in [-0.4, -0.2) is 16.6 Å². The number of benzene rings is 2. The number of carbonyl (C=O) groups is 1. The molecule has 0 aromatic heterocycles. The van der Waals surface area contributed by atoms with Gasteiger partial charge < -0.3 is 10.8 Å². The minimum Gasteiger partial charge on any atom is -0.480 e. The Bertz CT molecular complexity index is 765. The van der Waals surface area contributed by atoms with E-state index in [1.54, 1.807) is 11.8 Å². The van der Waals surface area contributed by atoms with Crippen molar-refractivity contribution in [3.8, 4) is 0 Å². The van der Waals surface area contributed by atoms with Gasteiger partial charge in [0.25, 0.3) is 0 Å². The van der Waals surface area contributed by atoms with Crippen molar-refractivity contribution in [2.24, 2.45) is 5.73 Å². The molecule has 0 spiro atoms. The van der Waals surface area contributed by atoms with Crippen LogP contribution in [0.5, 0.6) is 0 Å². The highest BCUT2D eigenvalue weighted by atomic mass is 35.5. The number of carboxylic acids is 1. The van der Waals surface area contributed by atoms with Gasteiger partial charge in [-0.05, 0) is 62.4 Å². The molecule has 0 aliphatic heterocycles. The van der Waals surface area contributed by atoms with E-state index >= 15 is 0 Å². The maximum Gasteiger partial charge on any atom is 0.323 e. The van der Waals surface area contributed by atoms with Crippen molar-refractivity contribution in [3.63, 3.8) is 0 Å². The molecule has 0 saturated heterocycles. The zero-order chi connectivity index (χ0) is 19.2. The Morgan fingerprint density at radius 1 is 1.19 bits per heavy atom. The van der Waals surface area contributed by atoms with Crippen molar-refractivity contribution in [1.82, 2.24) is 0 Å². The van der Waals surface area contributed by atoms with Crippen LogP contribution in [0.2, 0.25) is 5.02 Å². The fourth-order valence-electron chi connectivity index (χ4n) is 2.99. The zero-order valence-electron chi connectivity index (χ0n) is 15.3. The summed E-state index contributed by atoms with van der Waals surface area (Å²) in [5.74, 6) is -0.921. The first kappa shape index (κ1) is 20.8. The van der Waals surface area contributed by atoms with E-state index in [0.29, 0.717) is 19.3 Å². The smallest absolute Gasteiger partial charge is 0.323 e. The largest absolute Gasteiger partial charge is 0.480 e. The van der Waals surface area contributed by atoms with Gasteiger partial charge in [0.15, 0.2) is 0 Å². The first-order valence-corrected chi connectivity index (χ1v) is 10.1. The van der Waals surface area contributed by atoms with E-state index in [0.717, 1.165) is 28.3 Å². The molecule has 0 amide bonds. The quantitative estimate of drug-likeness (QED) is 0.575. The lowest BCUT2D eigenvalue weighted by atomic mass is 9.88. The molecule has 1 atom stereocenters. The van der Waals surface area contributed by atoms with Gasteiger partial charge in [0.1, 0.15) is 5.54 Å². The number of aliphatic carboxylic acids is 1. The van der Waals surface area contributed by atoms with Crippen LogP contribution in [0.3, 0.4) is 0 Å². The minimum absolute atomic E-state index is 0.451. The second-order valence-electron chi connectivity index (χ2n) is 6.74. The fraction of sp³-hybridized carbons (Fsp3) is 0.381. The van der Waals surface area contributed by atoms with Crippen LogP contribution < -0.4 is 5.73 Å². The molecule has 0 fully saturated rings. The van der Waals surface area contributed by atoms with Gasteiger partial charge in [-0.25, -0.2) is 0 Å². The molecule has 5 heteroatoms. The fourth-order valence-corrected chi connectivity index (χ4v) is 4.30. The molecule has 0 bridgehead atoms. The zero-order valence-corrected chi connectivity index (χ0v) is 16.9. The van der Waals surface area contributed by atoms with Crippen molar-refractivity contribution in [2.45, 2.75) is 61.3 Å². The van der Waals surface area contributed by atoms with E-state index < -0.39 is 11.5 Å². The number of aryl methyl sites for hydroxylation is 2. The van der Waals surface area contributed by atoms with E-state index in [2.05, 4.69) is 31.2 Å². The molecule has 0 aliphatic rings. The summed E-state index contributed by atoms with van der Waals surface area (Å²) in [6.45, 7) is 4.03. The number of halogens is 1. The number of nitrogens with two attached hydrogens (primary N) is 1. The molecule has 0 radical (unpaired) electrons. The summed E-state index contributed by atoms with van der Waals surface area (Å²) in [7, 11) is 0. The minimum atomic E-state index is -1.14. The van der Waals surface area contributed by atoms with Crippen LogP contribution in [-0.2, 0) is 11.2 Å². The third-order valence-corrected chi connectivity index (χ3v) is 5.77. The third-order valence-electron chi connectivity index (χ3n) is 4.44. The van der Waals surface area contributed by atoms with E-state index in [1.165, 1.54) is 10.5 Å². The third kappa shape index (κ3) is 5.76. The van der Waals surface area contributed by atoms with Crippen LogP contribution >= 0.6 is 23.4 Å². The van der Waals surface area contributed by atoms with Crippen molar-refractivity contribution >= 4 is 29.3 Å². The molecule has 3 nitrogen and oxygen atoms in total. The highest BCUT2D eigenvalue weighted by molar-refractivity contribution is 7.99. The summed E-state index contributed by atoms with van der Waals surface area (Å²) in [5, 5.41) is 10.1. The van der Waals surface area contributed by atoms with E-state index in [-0.39, 0.29) is 0 Å². The lowest BCUT2D eigenvalue weighted by molar-refractivity contribution is -0.144. The lowest BCUT2D eigenvalue weighted by Gasteiger charge is -2.24. The van der Waals surface area contributed by atoms with Crippen molar-refractivity contribution in [1.29, 1.82) is 0 Å². The standard InChI is InChI=1S/C21H26ClNO2S/c1-3-11-21(23,20(24)25)12-5-7-16-9-10-18(14-19(16)22)26-17-8-4-6-15(2)13-17/h4,6,8-10,13-14H,3,5,7,11-12,23H2,1-2H3,(H,24,25).